The molecule has 0 bridgehead atoms. The van der Waals surface area contributed by atoms with E-state index in [2.05, 4.69) is 5.10 Å². The minimum absolute atomic E-state index is 0.0449. The Morgan fingerprint density at radius 2 is 2.18 bits per heavy atom. The summed E-state index contributed by atoms with van der Waals surface area (Å²) in [4.78, 5) is 12.0. The SMILES string of the molecule is CCC1=NN(c2ccc(F)cc2C)C(=O)C1C. The predicted octanol–water partition coefficient (Wildman–Crippen LogP) is 2.88. The molecule has 0 aromatic heterocycles. The second kappa shape index (κ2) is 4.28. The lowest BCUT2D eigenvalue weighted by molar-refractivity contribution is -0.119. The lowest BCUT2D eigenvalue weighted by Gasteiger charge is -2.15. The number of aryl methyl sites for hydroxylation is 1. The Kier molecular flexibility index (Phi) is 2.96. The van der Waals surface area contributed by atoms with Crippen LogP contribution in [0.2, 0.25) is 0 Å². The van der Waals surface area contributed by atoms with E-state index in [1.54, 1.807) is 13.0 Å². The first-order valence-electron chi connectivity index (χ1n) is 5.72. The first-order chi connectivity index (χ1) is 8.04. The fourth-order valence-corrected chi connectivity index (χ4v) is 2.00. The molecule has 2 rings (SSSR count). The quantitative estimate of drug-likeness (QED) is 0.774. The number of hydrogen-bond acceptors (Lipinski definition) is 2. The summed E-state index contributed by atoms with van der Waals surface area (Å²) in [7, 11) is 0. The number of hydrazone groups is 1. The summed E-state index contributed by atoms with van der Waals surface area (Å²) in [5.74, 6) is -0.522. The molecule has 4 heteroatoms. The zero-order chi connectivity index (χ0) is 12.6. The Labute approximate surface area is 99.9 Å². The first-order valence-corrected chi connectivity index (χ1v) is 5.72. The molecule has 0 saturated heterocycles. The van der Waals surface area contributed by atoms with Gasteiger partial charge in [0.2, 0.25) is 0 Å². The highest BCUT2D eigenvalue weighted by Crippen LogP contribution is 2.27. The molecule has 0 radical (unpaired) electrons. The normalized spacial score (nSPS) is 19.8. The highest BCUT2D eigenvalue weighted by atomic mass is 19.1. The van der Waals surface area contributed by atoms with E-state index in [9.17, 15) is 9.18 Å². The molecule has 90 valence electrons. The van der Waals surface area contributed by atoms with E-state index in [1.807, 2.05) is 13.8 Å². The third kappa shape index (κ3) is 1.95. The number of carbonyl (C=O) groups excluding carboxylic acids is 1. The standard InChI is InChI=1S/C13H15FN2O/c1-4-11-9(3)13(17)16(15-11)12-6-5-10(14)7-8(12)2/h5-7,9H,4H2,1-3H3. The van der Waals surface area contributed by atoms with Crippen molar-refractivity contribution in [2.75, 3.05) is 5.01 Å². The lowest BCUT2D eigenvalue weighted by Crippen LogP contribution is -2.26. The Hall–Kier alpha value is -1.71. The number of benzene rings is 1. The van der Waals surface area contributed by atoms with E-state index < -0.39 is 0 Å². The Morgan fingerprint density at radius 1 is 1.47 bits per heavy atom. The Balaban J connectivity index is 2.41. The van der Waals surface area contributed by atoms with Gasteiger partial charge >= 0.3 is 0 Å². The van der Waals surface area contributed by atoms with Gasteiger partial charge in [-0.2, -0.15) is 10.1 Å². The van der Waals surface area contributed by atoms with Gasteiger partial charge in [-0.1, -0.05) is 6.92 Å². The molecule has 0 N–H and O–H groups in total. The van der Waals surface area contributed by atoms with Crippen LogP contribution < -0.4 is 5.01 Å². The second-order valence-electron chi connectivity index (χ2n) is 4.25. The van der Waals surface area contributed by atoms with Crippen LogP contribution in [0.4, 0.5) is 10.1 Å². The van der Waals surface area contributed by atoms with Gasteiger partial charge in [-0.25, -0.2) is 4.39 Å². The maximum Gasteiger partial charge on any atom is 0.255 e. The van der Waals surface area contributed by atoms with Crippen LogP contribution in [0.3, 0.4) is 0 Å². The Morgan fingerprint density at radius 3 is 2.71 bits per heavy atom. The Bertz CT molecular complexity index is 496. The van der Waals surface area contributed by atoms with Gasteiger partial charge in [0, 0.05) is 0 Å². The summed E-state index contributed by atoms with van der Waals surface area (Å²) >= 11 is 0. The fraction of sp³-hybridized carbons (Fsp3) is 0.385. The van der Waals surface area contributed by atoms with Crippen molar-refractivity contribution in [2.45, 2.75) is 27.2 Å². The van der Waals surface area contributed by atoms with Crippen LogP contribution in [0, 0.1) is 18.7 Å². The van der Waals surface area contributed by atoms with Crippen molar-refractivity contribution in [1.29, 1.82) is 0 Å². The molecule has 1 aromatic rings. The summed E-state index contributed by atoms with van der Waals surface area (Å²) in [6, 6.07) is 4.35. The van der Waals surface area contributed by atoms with Crippen LogP contribution in [0.5, 0.6) is 0 Å². The molecule has 3 nitrogen and oxygen atoms in total. The third-order valence-electron chi connectivity index (χ3n) is 3.06. The van der Waals surface area contributed by atoms with Crippen LogP contribution >= 0.6 is 0 Å². The molecule has 0 spiro atoms. The van der Waals surface area contributed by atoms with E-state index in [1.165, 1.54) is 17.1 Å². The molecule has 17 heavy (non-hydrogen) atoms. The van der Waals surface area contributed by atoms with Gasteiger partial charge in [0.15, 0.2) is 0 Å². The number of anilines is 1. The number of carbonyl (C=O) groups is 1. The van der Waals surface area contributed by atoms with E-state index in [4.69, 9.17) is 0 Å². The summed E-state index contributed by atoms with van der Waals surface area (Å²) in [6.07, 6.45) is 0.754. The first kappa shape index (κ1) is 11.8. The van der Waals surface area contributed by atoms with E-state index in [-0.39, 0.29) is 17.6 Å². The summed E-state index contributed by atoms with van der Waals surface area (Å²) in [5.41, 5.74) is 2.25. The average molecular weight is 234 g/mol. The van der Waals surface area contributed by atoms with E-state index >= 15 is 0 Å². The number of halogens is 1. The average Bonchev–Trinajstić information content (AvgIpc) is 2.57. The maximum absolute atomic E-state index is 13.0. The molecule has 0 aliphatic carbocycles. The summed E-state index contributed by atoms with van der Waals surface area (Å²) in [6.45, 7) is 5.60. The van der Waals surface area contributed by atoms with Crippen LogP contribution in [0.1, 0.15) is 25.8 Å². The van der Waals surface area contributed by atoms with E-state index in [0.29, 0.717) is 11.3 Å². The number of rotatable bonds is 2. The zero-order valence-corrected chi connectivity index (χ0v) is 10.2. The highest BCUT2D eigenvalue weighted by Gasteiger charge is 2.32. The number of amides is 1. The molecule has 1 aliphatic rings. The molecule has 0 saturated carbocycles. The number of hydrogen-bond donors (Lipinski definition) is 0. The molecule has 1 atom stereocenters. The van der Waals surface area contributed by atoms with Gasteiger partial charge < -0.3 is 0 Å². The lowest BCUT2D eigenvalue weighted by atomic mass is 10.0. The second-order valence-corrected chi connectivity index (χ2v) is 4.25. The monoisotopic (exact) mass is 234 g/mol. The van der Waals surface area contributed by atoms with Crippen molar-refractivity contribution in [3.8, 4) is 0 Å². The minimum Gasteiger partial charge on any atom is -0.272 e. The van der Waals surface area contributed by atoms with Gasteiger partial charge in [-0.15, -0.1) is 0 Å². The summed E-state index contributed by atoms with van der Waals surface area (Å²) in [5, 5.41) is 5.69. The molecule has 1 unspecified atom stereocenters. The van der Waals surface area contributed by atoms with Crippen LogP contribution in [-0.2, 0) is 4.79 Å². The molecule has 0 fully saturated rings. The van der Waals surface area contributed by atoms with Crippen LogP contribution in [-0.4, -0.2) is 11.6 Å². The maximum atomic E-state index is 13.0. The van der Waals surface area contributed by atoms with E-state index in [0.717, 1.165) is 12.1 Å². The highest BCUT2D eigenvalue weighted by molar-refractivity contribution is 6.15. The van der Waals surface area contributed by atoms with Gasteiger partial charge in [0.25, 0.3) is 5.91 Å². The smallest absolute Gasteiger partial charge is 0.255 e. The van der Waals surface area contributed by atoms with Gasteiger partial charge in [-0.05, 0) is 44.0 Å². The molecule has 1 aromatic carbocycles. The van der Waals surface area contributed by atoms with Gasteiger partial charge in [-0.3, -0.25) is 4.79 Å². The molecule has 1 amide bonds. The van der Waals surface area contributed by atoms with Crippen molar-refractivity contribution in [1.82, 2.24) is 0 Å². The molecular formula is C13H15FN2O. The van der Waals surface area contributed by atoms with Crippen molar-refractivity contribution < 1.29 is 9.18 Å². The van der Waals surface area contributed by atoms with Crippen LogP contribution in [0.25, 0.3) is 0 Å². The van der Waals surface area contributed by atoms with Gasteiger partial charge in [0.1, 0.15) is 5.82 Å². The fourth-order valence-electron chi connectivity index (χ4n) is 2.00. The molecule has 1 heterocycles. The number of nitrogens with zero attached hydrogens (tertiary/aromatic N) is 2. The van der Waals surface area contributed by atoms with Gasteiger partial charge in [0.05, 0.1) is 17.3 Å². The van der Waals surface area contributed by atoms with Crippen molar-refractivity contribution in [2.24, 2.45) is 11.0 Å². The predicted molar refractivity (Wildman–Crippen MR) is 65.5 cm³/mol. The third-order valence-corrected chi connectivity index (χ3v) is 3.06. The van der Waals surface area contributed by atoms with Crippen LogP contribution in [0.15, 0.2) is 23.3 Å². The summed E-state index contributed by atoms with van der Waals surface area (Å²) < 4.78 is 13.0. The van der Waals surface area contributed by atoms with Crippen molar-refractivity contribution in [3.63, 3.8) is 0 Å². The topological polar surface area (TPSA) is 32.7 Å². The zero-order valence-electron chi connectivity index (χ0n) is 10.2. The van der Waals surface area contributed by atoms with Crippen molar-refractivity contribution >= 4 is 17.3 Å². The van der Waals surface area contributed by atoms with Crippen molar-refractivity contribution in [3.05, 3.63) is 29.6 Å². The largest absolute Gasteiger partial charge is 0.272 e. The molecule has 1 aliphatic heterocycles. The minimum atomic E-state index is -0.300. The molecular weight excluding hydrogens is 219 g/mol.